The average molecular weight is 414 g/mol. The Bertz CT molecular complexity index is 926. The maximum Gasteiger partial charge on any atom is 0.230 e. The van der Waals surface area contributed by atoms with Gasteiger partial charge in [-0.15, -0.1) is 11.3 Å². The van der Waals surface area contributed by atoms with Gasteiger partial charge in [-0.05, 0) is 29.7 Å². The molecule has 0 fully saturated rings. The van der Waals surface area contributed by atoms with E-state index in [9.17, 15) is 9.59 Å². The van der Waals surface area contributed by atoms with Gasteiger partial charge in [0.25, 0.3) is 0 Å². The molecule has 1 heterocycles. The van der Waals surface area contributed by atoms with Crippen molar-refractivity contribution in [1.82, 2.24) is 10.3 Å². The van der Waals surface area contributed by atoms with E-state index in [1.54, 1.807) is 5.38 Å². The molecule has 144 valence electrons. The highest BCUT2D eigenvalue weighted by atomic mass is 35.5. The largest absolute Gasteiger partial charge is 0.355 e. The van der Waals surface area contributed by atoms with E-state index in [2.05, 4.69) is 15.6 Å². The first-order valence-corrected chi connectivity index (χ1v) is 10.1. The maximum absolute atomic E-state index is 12.1. The second-order valence-corrected chi connectivity index (χ2v) is 7.55. The van der Waals surface area contributed by atoms with Crippen LogP contribution in [0.15, 0.2) is 60.0 Å². The van der Waals surface area contributed by atoms with Crippen molar-refractivity contribution in [2.24, 2.45) is 0 Å². The predicted molar refractivity (Wildman–Crippen MR) is 113 cm³/mol. The van der Waals surface area contributed by atoms with Crippen molar-refractivity contribution in [1.29, 1.82) is 0 Å². The van der Waals surface area contributed by atoms with Crippen LogP contribution >= 0.6 is 22.9 Å². The molecule has 0 saturated carbocycles. The van der Waals surface area contributed by atoms with Crippen molar-refractivity contribution in [2.75, 3.05) is 11.9 Å². The van der Waals surface area contributed by atoms with E-state index in [1.807, 2.05) is 54.6 Å². The molecule has 0 aliphatic carbocycles. The summed E-state index contributed by atoms with van der Waals surface area (Å²) in [4.78, 5) is 28.5. The second kappa shape index (κ2) is 10.0. The van der Waals surface area contributed by atoms with Gasteiger partial charge in [-0.2, -0.15) is 0 Å². The number of benzene rings is 2. The number of anilines is 1. The average Bonchev–Trinajstić information content (AvgIpc) is 3.10. The smallest absolute Gasteiger partial charge is 0.230 e. The molecule has 0 aliphatic rings. The third-order valence-electron chi connectivity index (χ3n) is 4.00. The number of aromatic nitrogens is 1. The lowest BCUT2D eigenvalue weighted by atomic mass is 10.1. The number of hydrogen-bond donors (Lipinski definition) is 2. The fourth-order valence-corrected chi connectivity index (χ4v) is 3.47. The van der Waals surface area contributed by atoms with Crippen LogP contribution in [0.25, 0.3) is 0 Å². The van der Waals surface area contributed by atoms with E-state index in [-0.39, 0.29) is 18.2 Å². The minimum absolute atomic E-state index is 0.0959. The summed E-state index contributed by atoms with van der Waals surface area (Å²) in [5, 5.41) is 8.65. The third kappa shape index (κ3) is 6.48. The number of nitrogens with zero attached hydrogens (tertiary/aromatic N) is 1. The molecule has 2 N–H and O–H groups in total. The molecule has 5 nitrogen and oxygen atoms in total. The number of carbonyl (C=O) groups excluding carboxylic acids is 2. The molecule has 0 atom stereocenters. The number of thiazole rings is 1. The third-order valence-corrected chi connectivity index (χ3v) is 5.05. The van der Waals surface area contributed by atoms with E-state index in [0.29, 0.717) is 28.8 Å². The van der Waals surface area contributed by atoms with Gasteiger partial charge in [0.1, 0.15) is 0 Å². The molecular weight excluding hydrogens is 394 g/mol. The Morgan fingerprint density at radius 1 is 0.929 bits per heavy atom. The fourth-order valence-electron chi connectivity index (χ4n) is 2.61. The highest BCUT2D eigenvalue weighted by molar-refractivity contribution is 7.13. The molecule has 0 radical (unpaired) electrons. The molecule has 3 rings (SSSR count). The standard InChI is InChI=1S/C21H20ClN3O2S/c22-17-8-6-15(7-9-17)10-11-23-19(26)13-18-14-28-21(24-18)25-20(27)12-16-4-2-1-3-5-16/h1-9,14H,10-13H2,(H,23,26)(H,24,25,27). The number of hydrogen-bond acceptors (Lipinski definition) is 4. The summed E-state index contributed by atoms with van der Waals surface area (Å²) in [5.41, 5.74) is 2.70. The minimum Gasteiger partial charge on any atom is -0.355 e. The Kier molecular flexibility index (Phi) is 7.17. The van der Waals surface area contributed by atoms with E-state index >= 15 is 0 Å². The van der Waals surface area contributed by atoms with Crippen molar-refractivity contribution >= 4 is 39.9 Å². The minimum atomic E-state index is -0.125. The molecule has 0 bridgehead atoms. The Labute approximate surface area is 172 Å². The molecule has 0 spiro atoms. The topological polar surface area (TPSA) is 71.1 Å². The van der Waals surface area contributed by atoms with Gasteiger partial charge in [-0.3, -0.25) is 9.59 Å². The Balaban J connectivity index is 1.41. The number of halogens is 1. The summed E-state index contributed by atoms with van der Waals surface area (Å²) in [7, 11) is 0. The lowest BCUT2D eigenvalue weighted by Crippen LogP contribution is -2.27. The van der Waals surface area contributed by atoms with Crippen LogP contribution in [0, 0.1) is 0 Å². The molecule has 28 heavy (non-hydrogen) atoms. The first kappa shape index (κ1) is 20.0. The van der Waals surface area contributed by atoms with Gasteiger partial charge >= 0.3 is 0 Å². The van der Waals surface area contributed by atoms with Gasteiger partial charge in [0.2, 0.25) is 11.8 Å². The zero-order valence-electron chi connectivity index (χ0n) is 15.2. The van der Waals surface area contributed by atoms with Gasteiger partial charge in [-0.1, -0.05) is 54.1 Å². The summed E-state index contributed by atoms with van der Waals surface area (Å²) in [5.74, 6) is -0.221. The van der Waals surface area contributed by atoms with Gasteiger partial charge in [0.05, 0.1) is 18.5 Å². The van der Waals surface area contributed by atoms with Crippen LogP contribution in [0.3, 0.4) is 0 Å². The number of rotatable bonds is 8. The highest BCUT2D eigenvalue weighted by Gasteiger charge is 2.10. The molecule has 0 aliphatic heterocycles. The molecule has 1 aromatic heterocycles. The van der Waals surface area contributed by atoms with Crippen molar-refractivity contribution in [3.05, 3.63) is 81.8 Å². The molecule has 2 aromatic carbocycles. The number of carbonyl (C=O) groups is 2. The molecule has 0 saturated heterocycles. The number of amides is 2. The SMILES string of the molecule is O=C(Cc1csc(NC(=O)Cc2ccccc2)n1)NCCc1ccc(Cl)cc1. The van der Waals surface area contributed by atoms with Crippen LogP contribution in [-0.2, 0) is 28.9 Å². The molecule has 7 heteroatoms. The van der Waals surface area contributed by atoms with Crippen molar-refractivity contribution < 1.29 is 9.59 Å². The van der Waals surface area contributed by atoms with Crippen molar-refractivity contribution in [3.63, 3.8) is 0 Å². The van der Waals surface area contributed by atoms with Crippen LogP contribution in [-0.4, -0.2) is 23.3 Å². The van der Waals surface area contributed by atoms with Gasteiger partial charge < -0.3 is 10.6 Å². The van der Waals surface area contributed by atoms with E-state index in [1.165, 1.54) is 11.3 Å². The van der Waals surface area contributed by atoms with Gasteiger partial charge in [0.15, 0.2) is 5.13 Å². The lowest BCUT2D eigenvalue weighted by molar-refractivity contribution is -0.120. The Hall–Kier alpha value is -2.70. The lowest BCUT2D eigenvalue weighted by Gasteiger charge is -2.04. The first-order valence-electron chi connectivity index (χ1n) is 8.88. The van der Waals surface area contributed by atoms with Crippen molar-refractivity contribution in [3.8, 4) is 0 Å². The zero-order valence-corrected chi connectivity index (χ0v) is 16.7. The normalized spacial score (nSPS) is 10.5. The Morgan fingerprint density at radius 2 is 1.68 bits per heavy atom. The first-order chi connectivity index (χ1) is 13.6. The summed E-state index contributed by atoms with van der Waals surface area (Å²) < 4.78 is 0. The van der Waals surface area contributed by atoms with E-state index < -0.39 is 0 Å². The maximum atomic E-state index is 12.1. The van der Waals surface area contributed by atoms with Crippen LogP contribution in [0.5, 0.6) is 0 Å². The van der Waals surface area contributed by atoms with Crippen LogP contribution in [0.2, 0.25) is 5.02 Å². The zero-order chi connectivity index (χ0) is 19.8. The second-order valence-electron chi connectivity index (χ2n) is 6.26. The van der Waals surface area contributed by atoms with Crippen LogP contribution < -0.4 is 10.6 Å². The molecule has 0 unspecified atom stereocenters. The fraction of sp³-hybridized carbons (Fsp3) is 0.190. The highest BCUT2D eigenvalue weighted by Crippen LogP contribution is 2.16. The van der Waals surface area contributed by atoms with E-state index in [0.717, 1.165) is 17.5 Å². The quantitative estimate of drug-likeness (QED) is 0.588. The summed E-state index contributed by atoms with van der Waals surface area (Å²) in [6, 6.07) is 17.1. The molecular formula is C21H20ClN3O2S. The molecule has 3 aromatic rings. The monoisotopic (exact) mass is 413 g/mol. The van der Waals surface area contributed by atoms with Crippen LogP contribution in [0.4, 0.5) is 5.13 Å². The Morgan fingerprint density at radius 3 is 2.43 bits per heavy atom. The van der Waals surface area contributed by atoms with Crippen LogP contribution in [0.1, 0.15) is 16.8 Å². The van der Waals surface area contributed by atoms with E-state index in [4.69, 9.17) is 11.6 Å². The molecule has 2 amide bonds. The number of nitrogens with one attached hydrogen (secondary N) is 2. The summed E-state index contributed by atoms with van der Waals surface area (Å²) in [6.07, 6.45) is 1.22. The summed E-state index contributed by atoms with van der Waals surface area (Å²) in [6.45, 7) is 0.547. The predicted octanol–water partition coefficient (Wildman–Crippen LogP) is 3.88. The summed E-state index contributed by atoms with van der Waals surface area (Å²) >= 11 is 7.18. The van der Waals surface area contributed by atoms with Gasteiger partial charge in [-0.25, -0.2) is 4.98 Å². The van der Waals surface area contributed by atoms with Crippen molar-refractivity contribution in [2.45, 2.75) is 19.3 Å². The van der Waals surface area contributed by atoms with Gasteiger partial charge in [0, 0.05) is 16.9 Å².